The van der Waals surface area contributed by atoms with Crippen molar-refractivity contribution < 1.29 is 19.9 Å². The second-order valence-corrected chi connectivity index (χ2v) is 3.35. The van der Waals surface area contributed by atoms with Crippen LogP contribution in [-0.4, -0.2) is 42.5 Å². The van der Waals surface area contributed by atoms with Crippen molar-refractivity contribution in [3.8, 4) is 5.75 Å². The van der Waals surface area contributed by atoms with E-state index in [-0.39, 0.29) is 6.61 Å². The maximum Gasteiger partial charge on any atom is 0.492 e. The van der Waals surface area contributed by atoms with Gasteiger partial charge in [-0.2, -0.15) is 0 Å². The molecule has 0 unspecified atom stereocenters. The first-order valence-electron chi connectivity index (χ1n) is 5.03. The lowest BCUT2D eigenvalue weighted by molar-refractivity contribution is 0.292. The van der Waals surface area contributed by atoms with Crippen LogP contribution < -0.4 is 15.5 Å². The standard InChI is InChI=1S/C10H16BNO4/c1-16-10-3-2-8(7-12-4-5-13)6-9(10)11(14)15/h2-3,6,12-15H,4-5,7H2,1H3. The zero-order chi connectivity index (χ0) is 12.0. The highest BCUT2D eigenvalue weighted by atomic mass is 16.5. The summed E-state index contributed by atoms with van der Waals surface area (Å²) in [7, 11) is -0.0713. The van der Waals surface area contributed by atoms with Crippen LogP contribution in [0, 0.1) is 0 Å². The molecule has 6 heteroatoms. The third kappa shape index (κ3) is 3.50. The first kappa shape index (κ1) is 13.0. The van der Waals surface area contributed by atoms with E-state index in [9.17, 15) is 0 Å². The van der Waals surface area contributed by atoms with E-state index in [0.717, 1.165) is 5.56 Å². The number of aliphatic hydroxyl groups excluding tert-OH is 1. The molecular weight excluding hydrogens is 209 g/mol. The minimum atomic E-state index is -1.55. The molecule has 0 radical (unpaired) electrons. The quantitative estimate of drug-likeness (QED) is 0.348. The minimum absolute atomic E-state index is 0.0750. The Kier molecular flexibility index (Phi) is 5.27. The third-order valence-corrected chi connectivity index (χ3v) is 2.19. The molecule has 0 aromatic heterocycles. The van der Waals surface area contributed by atoms with Gasteiger partial charge in [-0.25, -0.2) is 0 Å². The van der Waals surface area contributed by atoms with Crippen LogP contribution in [0.2, 0.25) is 0 Å². The van der Waals surface area contributed by atoms with Crippen LogP contribution in [0.15, 0.2) is 18.2 Å². The fourth-order valence-corrected chi connectivity index (χ4v) is 1.41. The Bertz CT molecular complexity index is 333. The molecule has 4 N–H and O–H groups in total. The fraction of sp³-hybridized carbons (Fsp3) is 0.400. The van der Waals surface area contributed by atoms with E-state index in [2.05, 4.69) is 5.32 Å². The molecule has 0 saturated carbocycles. The van der Waals surface area contributed by atoms with Gasteiger partial charge in [-0.05, 0) is 11.6 Å². The summed E-state index contributed by atoms with van der Waals surface area (Å²) in [5, 5.41) is 29.9. The highest BCUT2D eigenvalue weighted by molar-refractivity contribution is 6.59. The van der Waals surface area contributed by atoms with Crippen molar-refractivity contribution in [2.75, 3.05) is 20.3 Å². The van der Waals surface area contributed by atoms with Crippen molar-refractivity contribution in [2.24, 2.45) is 0 Å². The highest BCUT2D eigenvalue weighted by Gasteiger charge is 2.17. The normalized spacial score (nSPS) is 10.2. The van der Waals surface area contributed by atoms with Gasteiger partial charge in [0.05, 0.1) is 13.7 Å². The molecule has 1 aromatic rings. The van der Waals surface area contributed by atoms with Gasteiger partial charge in [0.1, 0.15) is 5.75 Å². The maximum absolute atomic E-state index is 9.15. The summed E-state index contributed by atoms with van der Waals surface area (Å²) >= 11 is 0. The summed E-state index contributed by atoms with van der Waals surface area (Å²) < 4.78 is 5.01. The lowest BCUT2D eigenvalue weighted by Gasteiger charge is -2.10. The van der Waals surface area contributed by atoms with Gasteiger partial charge < -0.3 is 25.2 Å². The number of hydrogen-bond donors (Lipinski definition) is 4. The van der Waals surface area contributed by atoms with E-state index in [4.69, 9.17) is 19.9 Å². The number of nitrogens with one attached hydrogen (secondary N) is 1. The smallest absolute Gasteiger partial charge is 0.492 e. The van der Waals surface area contributed by atoms with E-state index >= 15 is 0 Å². The zero-order valence-corrected chi connectivity index (χ0v) is 9.18. The van der Waals surface area contributed by atoms with Crippen LogP contribution in [0.5, 0.6) is 5.75 Å². The largest absolute Gasteiger partial charge is 0.497 e. The second kappa shape index (κ2) is 6.50. The van der Waals surface area contributed by atoms with E-state index in [0.29, 0.717) is 24.3 Å². The number of aliphatic hydroxyl groups is 1. The van der Waals surface area contributed by atoms with Crippen LogP contribution >= 0.6 is 0 Å². The molecule has 0 fully saturated rings. The molecule has 0 atom stereocenters. The third-order valence-electron chi connectivity index (χ3n) is 2.19. The topological polar surface area (TPSA) is 82.0 Å². The summed E-state index contributed by atoms with van der Waals surface area (Å²) in [6, 6.07) is 5.17. The van der Waals surface area contributed by atoms with Gasteiger partial charge in [-0.1, -0.05) is 12.1 Å². The van der Waals surface area contributed by atoms with Gasteiger partial charge in [0.15, 0.2) is 0 Å². The summed E-state index contributed by atoms with van der Waals surface area (Å²) in [6.07, 6.45) is 0. The molecule has 0 aliphatic heterocycles. The summed E-state index contributed by atoms with van der Waals surface area (Å²) in [6.45, 7) is 1.14. The number of methoxy groups -OCH3 is 1. The van der Waals surface area contributed by atoms with Gasteiger partial charge in [-0.3, -0.25) is 0 Å². The Morgan fingerprint density at radius 3 is 2.69 bits per heavy atom. The monoisotopic (exact) mass is 225 g/mol. The van der Waals surface area contributed by atoms with Gasteiger partial charge in [-0.15, -0.1) is 0 Å². The highest BCUT2D eigenvalue weighted by Crippen LogP contribution is 2.09. The molecular formula is C10H16BNO4. The van der Waals surface area contributed by atoms with E-state index in [1.807, 2.05) is 6.07 Å². The van der Waals surface area contributed by atoms with E-state index in [1.54, 1.807) is 12.1 Å². The Balaban J connectivity index is 2.77. The molecule has 5 nitrogen and oxygen atoms in total. The van der Waals surface area contributed by atoms with E-state index in [1.165, 1.54) is 7.11 Å². The van der Waals surface area contributed by atoms with Crippen molar-refractivity contribution >= 4 is 12.6 Å². The molecule has 0 saturated heterocycles. The SMILES string of the molecule is COc1ccc(CNCCO)cc1B(O)O. The predicted octanol–water partition coefficient (Wildman–Crippen LogP) is -1.54. The first-order chi connectivity index (χ1) is 7.69. The van der Waals surface area contributed by atoms with Crippen molar-refractivity contribution in [3.63, 3.8) is 0 Å². The van der Waals surface area contributed by atoms with Gasteiger partial charge in [0.25, 0.3) is 0 Å². The van der Waals surface area contributed by atoms with Gasteiger partial charge >= 0.3 is 7.12 Å². The van der Waals surface area contributed by atoms with Gasteiger partial charge in [0.2, 0.25) is 0 Å². The molecule has 0 amide bonds. The lowest BCUT2D eigenvalue weighted by Crippen LogP contribution is -2.32. The first-order valence-corrected chi connectivity index (χ1v) is 5.03. The molecule has 0 bridgehead atoms. The Hall–Kier alpha value is -1.08. The Morgan fingerprint density at radius 1 is 1.38 bits per heavy atom. The van der Waals surface area contributed by atoms with E-state index < -0.39 is 7.12 Å². The Morgan fingerprint density at radius 2 is 2.12 bits per heavy atom. The van der Waals surface area contributed by atoms with Crippen LogP contribution in [0.25, 0.3) is 0 Å². The maximum atomic E-state index is 9.15. The number of ether oxygens (including phenoxy) is 1. The van der Waals surface area contributed by atoms with Crippen molar-refractivity contribution in [1.29, 1.82) is 0 Å². The molecule has 0 aliphatic rings. The van der Waals surface area contributed by atoms with Gasteiger partial charge in [0, 0.05) is 18.6 Å². The average molecular weight is 225 g/mol. The number of rotatable bonds is 6. The molecule has 1 aromatic carbocycles. The van der Waals surface area contributed by atoms with Crippen molar-refractivity contribution in [1.82, 2.24) is 5.32 Å². The fourth-order valence-electron chi connectivity index (χ4n) is 1.41. The zero-order valence-electron chi connectivity index (χ0n) is 9.18. The Labute approximate surface area is 94.8 Å². The summed E-state index contributed by atoms with van der Waals surface area (Å²) in [5.41, 5.74) is 1.24. The van der Waals surface area contributed by atoms with Crippen molar-refractivity contribution in [2.45, 2.75) is 6.54 Å². The molecule has 0 aliphatic carbocycles. The lowest BCUT2D eigenvalue weighted by atomic mass is 9.78. The predicted molar refractivity (Wildman–Crippen MR) is 61.6 cm³/mol. The van der Waals surface area contributed by atoms with Crippen LogP contribution in [0.4, 0.5) is 0 Å². The van der Waals surface area contributed by atoms with Crippen molar-refractivity contribution in [3.05, 3.63) is 23.8 Å². The molecule has 16 heavy (non-hydrogen) atoms. The van der Waals surface area contributed by atoms with Crippen LogP contribution in [0.1, 0.15) is 5.56 Å². The number of hydrogen-bond acceptors (Lipinski definition) is 5. The van der Waals surface area contributed by atoms with Crippen LogP contribution in [-0.2, 0) is 6.54 Å². The molecule has 0 spiro atoms. The second-order valence-electron chi connectivity index (χ2n) is 3.35. The molecule has 0 heterocycles. The molecule has 88 valence electrons. The summed E-state index contributed by atoms with van der Waals surface area (Å²) in [5.74, 6) is 0.445. The minimum Gasteiger partial charge on any atom is -0.497 e. The average Bonchev–Trinajstić information content (AvgIpc) is 2.29. The molecule has 1 rings (SSSR count). The number of benzene rings is 1. The van der Waals surface area contributed by atoms with Crippen LogP contribution in [0.3, 0.4) is 0 Å². The summed E-state index contributed by atoms with van der Waals surface area (Å²) in [4.78, 5) is 0.